The van der Waals surface area contributed by atoms with E-state index in [1.165, 1.54) is 6.92 Å². The molecule has 0 heterocycles. The van der Waals surface area contributed by atoms with E-state index in [-0.39, 0.29) is 19.3 Å². The van der Waals surface area contributed by atoms with Crippen LogP contribution in [0.2, 0.25) is 0 Å². The molecule has 0 bridgehead atoms. The average molecular weight is 472 g/mol. The molecule has 2 amide bonds. The van der Waals surface area contributed by atoms with Crippen molar-refractivity contribution in [1.29, 1.82) is 0 Å². The van der Waals surface area contributed by atoms with Crippen molar-refractivity contribution in [1.82, 2.24) is 10.6 Å². The van der Waals surface area contributed by atoms with Crippen LogP contribution in [-0.2, 0) is 41.9 Å². The first-order valence-electron chi connectivity index (χ1n) is 10.5. The van der Waals surface area contributed by atoms with Gasteiger partial charge in [0.25, 0.3) is 0 Å². The van der Waals surface area contributed by atoms with Crippen molar-refractivity contribution in [2.75, 3.05) is 0 Å². The maximum atomic E-state index is 12.8. The van der Waals surface area contributed by atoms with E-state index >= 15 is 0 Å². The molecule has 2 aromatic rings. The zero-order valence-electron chi connectivity index (χ0n) is 18.7. The summed E-state index contributed by atoms with van der Waals surface area (Å²) in [6.07, 6.45) is -0.274. The molecule has 34 heavy (non-hydrogen) atoms. The van der Waals surface area contributed by atoms with Crippen LogP contribution in [0.5, 0.6) is 5.75 Å². The highest BCUT2D eigenvalue weighted by Gasteiger charge is 2.28. The molecule has 2 aromatic carbocycles. The molecule has 2 rings (SSSR count). The van der Waals surface area contributed by atoms with Crippen LogP contribution in [0.4, 0.5) is 0 Å². The van der Waals surface area contributed by atoms with E-state index < -0.39 is 35.8 Å². The normalized spacial score (nSPS) is 12.1. The van der Waals surface area contributed by atoms with Crippen LogP contribution < -0.4 is 27.2 Å². The molecule has 0 aromatic heterocycles. The summed E-state index contributed by atoms with van der Waals surface area (Å²) in [5, 5.41) is 4.99. The van der Waals surface area contributed by atoms with E-state index in [9.17, 15) is 19.2 Å². The summed E-state index contributed by atoms with van der Waals surface area (Å²) in [4.78, 5) is 55.9. The number of rotatable bonds is 12. The Balaban J connectivity index is 2.02. The van der Waals surface area contributed by atoms with Gasteiger partial charge in [-0.25, -0.2) is 4.79 Å². The topological polar surface area (TPSA) is 172 Å². The second kappa shape index (κ2) is 13.6. The fourth-order valence-corrected chi connectivity index (χ4v) is 3.08. The second-order valence-corrected chi connectivity index (χ2v) is 7.40. The zero-order valence-corrected chi connectivity index (χ0v) is 18.7. The number of hydrogen-bond donors (Lipinski definition) is 4. The largest absolute Gasteiger partial charge is 0.489 e. The van der Waals surface area contributed by atoms with Crippen molar-refractivity contribution >= 4 is 23.8 Å². The quantitative estimate of drug-likeness (QED) is 0.319. The van der Waals surface area contributed by atoms with Gasteiger partial charge in [0.2, 0.25) is 11.8 Å². The monoisotopic (exact) mass is 472 g/mol. The van der Waals surface area contributed by atoms with Crippen molar-refractivity contribution < 1.29 is 33.6 Å². The van der Waals surface area contributed by atoms with Gasteiger partial charge in [0.1, 0.15) is 24.4 Å². The van der Waals surface area contributed by atoms with E-state index in [1.807, 2.05) is 30.3 Å². The first-order valence-corrected chi connectivity index (χ1v) is 10.5. The Labute approximate surface area is 196 Å². The van der Waals surface area contributed by atoms with Crippen LogP contribution in [0.1, 0.15) is 30.9 Å². The molecule has 6 N–H and O–H groups in total. The Morgan fingerprint density at radius 3 is 2.12 bits per heavy atom. The minimum Gasteiger partial charge on any atom is -0.489 e. The molecule has 0 spiro atoms. The lowest BCUT2D eigenvalue weighted by Gasteiger charge is -2.21. The molecule has 0 aliphatic heterocycles. The summed E-state index contributed by atoms with van der Waals surface area (Å²) >= 11 is 0. The molecular weight excluding hydrogens is 444 g/mol. The number of ether oxygens (including phenoxy) is 1. The highest BCUT2D eigenvalue weighted by molar-refractivity contribution is 5.90. The third-order valence-corrected chi connectivity index (χ3v) is 4.79. The lowest BCUT2D eigenvalue weighted by atomic mass is 10.0. The predicted molar refractivity (Wildman–Crippen MR) is 120 cm³/mol. The minimum absolute atomic E-state index is 0.139. The molecule has 11 heteroatoms. The molecule has 182 valence electrons. The predicted octanol–water partition coefficient (Wildman–Crippen LogP) is 0.412. The van der Waals surface area contributed by atoms with Crippen LogP contribution in [0.25, 0.3) is 0 Å². The molecule has 0 aliphatic rings. The van der Waals surface area contributed by atoms with Gasteiger partial charge < -0.3 is 25.0 Å². The van der Waals surface area contributed by atoms with Crippen LogP contribution in [0.15, 0.2) is 54.6 Å². The standard InChI is InChI=1S/C23H28N4O7/c1-15(28)26-20(22(30)27-19(23(31)34-25)11-12-21(29)33-24)13-16-7-9-18(10-8-16)32-14-17-5-3-2-4-6-17/h2-10,19-20H,11-14,24-25H2,1H3,(H,26,28)(H,27,30)/t19-,20+/m0/s1. The van der Waals surface area contributed by atoms with Gasteiger partial charge >= 0.3 is 11.9 Å². The van der Waals surface area contributed by atoms with Gasteiger partial charge in [0, 0.05) is 19.8 Å². The van der Waals surface area contributed by atoms with E-state index in [0.29, 0.717) is 12.4 Å². The van der Waals surface area contributed by atoms with Gasteiger partial charge in [0.15, 0.2) is 0 Å². The molecule has 0 fully saturated rings. The Kier molecular flexibility index (Phi) is 10.5. The minimum atomic E-state index is -1.23. The smallest absolute Gasteiger partial charge is 0.347 e. The maximum absolute atomic E-state index is 12.8. The van der Waals surface area contributed by atoms with Crippen LogP contribution in [0.3, 0.4) is 0 Å². The summed E-state index contributed by atoms with van der Waals surface area (Å²) in [6, 6.07) is 14.5. The van der Waals surface area contributed by atoms with E-state index in [0.717, 1.165) is 11.1 Å². The van der Waals surface area contributed by atoms with Crippen molar-refractivity contribution in [3.63, 3.8) is 0 Å². The summed E-state index contributed by atoms with van der Waals surface area (Å²) < 4.78 is 5.75. The van der Waals surface area contributed by atoms with Crippen molar-refractivity contribution in [3.8, 4) is 5.75 Å². The van der Waals surface area contributed by atoms with Gasteiger partial charge in [0.05, 0.1) is 0 Å². The SMILES string of the molecule is CC(=O)N[C@H](Cc1ccc(OCc2ccccc2)cc1)C(=O)N[C@@H](CCC(=O)ON)C(=O)ON. The fourth-order valence-electron chi connectivity index (χ4n) is 3.08. The Bertz CT molecular complexity index is 967. The summed E-state index contributed by atoms with van der Waals surface area (Å²) in [5.41, 5.74) is 1.77. The summed E-state index contributed by atoms with van der Waals surface area (Å²) in [5.74, 6) is 7.51. The zero-order chi connectivity index (χ0) is 24.9. The van der Waals surface area contributed by atoms with Crippen molar-refractivity contribution in [3.05, 3.63) is 65.7 Å². The lowest BCUT2D eigenvalue weighted by molar-refractivity contribution is -0.150. The van der Waals surface area contributed by atoms with Crippen LogP contribution in [-0.4, -0.2) is 35.8 Å². The highest BCUT2D eigenvalue weighted by Crippen LogP contribution is 2.16. The molecule has 0 aliphatic carbocycles. The summed E-state index contributed by atoms with van der Waals surface area (Å²) in [6.45, 7) is 1.68. The molecule has 0 radical (unpaired) electrons. The molecule has 11 nitrogen and oxygen atoms in total. The average Bonchev–Trinajstić information content (AvgIpc) is 2.85. The lowest BCUT2D eigenvalue weighted by Crippen LogP contribution is -2.52. The number of amides is 2. The van der Waals surface area contributed by atoms with Crippen molar-refractivity contribution in [2.24, 2.45) is 11.8 Å². The first-order chi connectivity index (χ1) is 16.3. The first kappa shape index (κ1) is 26.3. The highest BCUT2D eigenvalue weighted by atomic mass is 16.7. The van der Waals surface area contributed by atoms with Gasteiger partial charge in [-0.2, -0.15) is 11.8 Å². The molecule has 0 saturated carbocycles. The maximum Gasteiger partial charge on any atom is 0.347 e. The molecule has 0 unspecified atom stereocenters. The van der Waals surface area contributed by atoms with Gasteiger partial charge in [-0.3, -0.25) is 14.4 Å². The molecule has 2 atom stereocenters. The van der Waals surface area contributed by atoms with Gasteiger partial charge in [-0.15, -0.1) is 0 Å². The number of nitrogens with one attached hydrogen (secondary N) is 2. The number of carbonyl (C=O) groups is 4. The van der Waals surface area contributed by atoms with Crippen molar-refractivity contribution in [2.45, 2.75) is 44.9 Å². The summed E-state index contributed by atoms with van der Waals surface area (Å²) in [7, 11) is 0. The second-order valence-electron chi connectivity index (χ2n) is 7.40. The number of carbonyl (C=O) groups excluding carboxylic acids is 4. The van der Waals surface area contributed by atoms with E-state index in [2.05, 4.69) is 20.3 Å². The Morgan fingerprint density at radius 2 is 1.53 bits per heavy atom. The van der Waals surface area contributed by atoms with E-state index in [4.69, 9.17) is 16.5 Å². The third-order valence-electron chi connectivity index (χ3n) is 4.79. The number of nitrogens with two attached hydrogens (primary N) is 2. The Morgan fingerprint density at radius 1 is 0.853 bits per heavy atom. The third kappa shape index (κ3) is 8.88. The molecular formula is C23H28N4O7. The van der Waals surface area contributed by atoms with Crippen LogP contribution >= 0.6 is 0 Å². The van der Waals surface area contributed by atoms with Crippen LogP contribution in [0, 0.1) is 0 Å². The van der Waals surface area contributed by atoms with Gasteiger partial charge in [-0.05, 0) is 29.7 Å². The number of benzene rings is 2. The van der Waals surface area contributed by atoms with E-state index in [1.54, 1.807) is 24.3 Å². The molecule has 0 saturated heterocycles. The van der Waals surface area contributed by atoms with Gasteiger partial charge in [-0.1, -0.05) is 42.5 Å². The Hall–Kier alpha value is -3.96. The number of hydrogen-bond acceptors (Lipinski definition) is 9. The fraction of sp³-hybridized carbons (Fsp3) is 0.304.